The molecule has 0 N–H and O–H groups in total. The second kappa shape index (κ2) is 8.39. The van der Waals surface area contributed by atoms with Gasteiger partial charge in [-0.1, -0.05) is 29.3 Å². The van der Waals surface area contributed by atoms with Gasteiger partial charge in [-0.25, -0.2) is 4.98 Å². The first-order valence-electron chi connectivity index (χ1n) is 8.39. The minimum absolute atomic E-state index is 0.120. The molecule has 1 amide bonds. The third-order valence-corrected chi connectivity index (χ3v) is 5.04. The molecule has 2 heterocycles. The van der Waals surface area contributed by atoms with Crippen molar-refractivity contribution >= 4 is 34.9 Å². The number of hydrogen-bond acceptors (Lipinski definition) is 4. The zero-order chi connectivity index (χ0) is 18.5. The molecule has 0 unspecified atom stereocenters. The van der Waals surface area contributed by atoms with E-state index in [2.05, 4.69) is 16.0 Å². The van der Waals surface area contributed by atoms with Crippen LogP contribution >= 0.6 is 23.2 Å². The molecule has 1 saturated heterocycles. The lowest BCUT2D eigenvalue weighted by Gasteiger charge is -2.35. The van der Waals surface area contributed by atoms with Crippen LogP contribution in [0.15, 0.2) is 36.5 Å². The molecule has 1 aliphatic rings. The highest BCUT2D eigenvalue weighted by Gasteiger charge is 2.22. The van der Waals surface area contributed by atoms with Crippen molar-refractivity contribution in [2.45, 2.75) is 12.8 Å². The molecule has 0 spiro atoms. The summed E-state index contributed by atoms with van der Waals surface area (Å²) in [5, 5.41) is 10.2. The molecule has 0 radical (unpaired) electrons. The van der Waals surface area contributed by atoms with Crippen LogP contribution in [-0.2, 0) is 11.2 Å². The van der Waals surface area contributed by atoms with Gasteiger partial charge in [-0.05, 0) is 36.2 Å². The SMILES string of the molecule is N#Cc1ccnc(N2CCN(C(=O)CCc3ccc(Cl)cc3Cl)CC2)c1. The van der Waals surface area contributed by atoms with E-state index in [1.807, 2.05) is 11.0 Å². The van der Waals surface area contributed by atoms with Crippen molar-refractivity contribution < 1.29 is 4.79 Å². The summed E-state index contributed by atoms with van der Waals surface area (Å²) in [6, 6.07) is 10.9. The molecule has 26 heavy (non-hydrogen) atoms. The number of aryl methyl sites for hydroxylation is 1. The molecule has 1 aromatic carbocycles. The summed E-state index contributed by atoms with van der Waals surface area (Å²) < 4.78 is 0. The largest absolute Gasteiger partial charge is 0.353 e. The number of nitrogens with zero attached hydrogens (tertiary/aromatic N) is 4. The Morgan fingerprint density at radius 1 is 1.15 bits per heavy atom. The number of carbonyl (C=O) groups excluding carboxylic acids is 1. The summed E-state index contributed by atoms with van der Waals surface area (Å²) in [5.74, 6) is 0.901. The molecule has 2 aromatic rings. The Labute approximate surface area is 162 Å². The molecule has 0 atom stereocenters. The first-order valence-corrected chi connectivity index (χ1v) is 9.15. The van der Waals surface area contributed by atoms with Gasteiger partial charge in [0.05, 0.1) is 11.6 Å². The van der Waals surface area contributed by atoms with Gasteiger partial charge in [-0.3, -0.25) is 4.79 Å². The highest BCUT2D eigenvalue weighted by atomic mass is 35.5. The van der Waals surface area contributed by atoms with E-state index >= 15 is 0 Å². The van der Waals surface area contributed by atoms with Gasteiger partial charge in [-0.2, -0.15) is 5.26 Å². The van der Waals surface area contributed by atoms with Crippen LogP contribution in [0.1, 0.15) is 17.5 Å². The Bertz CT molecular complexity index is 842. The molecule has 5 nitrogen and oxygen atoms in total. The fourth-order valence-electron chi connectivity index (χ4n) is 2.97. The van der Waals surface area contributed by atoms with Crippen molar-refractivity contribution in [3.05, 3.63) is 57.7 Å². The number of benzene rings is 1. The molecule has 0 bridgehead atoms. The van der Waals surface area contributed by atoms with Crippen molar-refractivity contribution in [1.29, 1.82) is 5.26 Å². The average Bonchev–Trinajstić information content (AvgIpc) is 2.67. The van der Waals surface area contributed by atoms with Crippen molar-refractivity contribution in [1.82, 2.24) is 9.88 Å². The Kier molecular flexibility index (Phi) is 5.97. The zero-order valence-corrected chi connectivity index (χ0v) is 15.7. The fourth-order valence-corrected chi connectivity index (χ4v) is 3.47. The Hall–Kier alpha value is -2.29. The number of hydrogen-bond donors (Lipinski definition) is 0. The number of rotatable bonds is 4. The summed E-state index contributed by atoms with van der Waals surface area (Å²) in [6.45, 7) is 2.70. The molecule has 7 heteroatoms. The van der Waals surface area contributed by atoms with Gasteiger partial charge in [0.1, 0.15) is 5.82 Å². The van der Waals surface area contributed by atoms with E-state index in [-0.39, 0.29) is 5.91 Å². The third-order valence-electron chi connectivity index (χ3n) is 4.45. The van der Waals surface area contributed by atoms with Crippen LogP contribution in [-0.4, -0.2) is 42.0 Å². The van der Waals surface area contributed by atoms with E-state index in [1.165, 1.54) is 0 Å². The number of nitriles is 1. The number of piperazine rings is 1. The standard InChI is InChI=1S/C19H18Cl2N4O/c20-16-3-1-15(17(21)12-16)2-4-19(26)25-9-7-24(8-10-25)18-11-14(13-22)5-6-23-18/h1,3,5-6,11-12H,2,4,7-10H2. The number of amides is 1. The maximum absolute atomic E-state index is 12.5. The van der Waals surface area contributed by atoms with Crippen LogP contribution in [0.3, 0.4) is 0 Å². The monoisotopic (exact) mass is 388 g/mol. The van der Waals surface area contributed by atoms with Crippen molar-refractivity contribution in [2.75, 3.05) is 31.1 Å². The summed E-state index contributed by atoms with van der Waals surface area (Å²) in [6.07, 6.45) is 2.66. The van der Waals surface area contributed by atoms with Gasteiger partial charge in [0.25, 0.3) is 0 Å². The molecule has 134 valence electrons. The van der Waals surface area contributed by atoms with Crippen LogP contribution in [0.4, 0.5) is 5.82 Å². The number of aromatic nitrogens is 1. The molecular weight excluding hydrogens is 371 g/mol. The smallest absolute Gasteiger partial charge is 0.223 e. The van der Waals surface area contributed by atoms with Crippen LogP contribution in [0.25, 0.3) is 0 Å². The number of carbonyl (C=O) groups is 1. The highest BCUT2D eigenvalue weighted by molar-refractivity contribution is 6.35. The van der Waals surface area contributed by atoms with Crippen LogP contribution < -0.4 is 4.90 Å². The number of halogens is 2. The van der Waals surface area contributed by atoms with Gasteiger partial charge in [0.2, 0.25) is 5.91 Å². The van der Waals surface area contributed by atoms with Gasteiger partial charge in [0, 0.05) is 48.8 Å². The first kappa shape index (κ1) is 18.5. The fraction of sp³-hybridized carbons (Fsp3) is 0.316. The molecular formula is C19H18Cl2N4O. The average molecular weight is 389 g/mol. The van der Waals surface area contributed by atoms with Gasteiger partial charge in [-0.15, -0.1) is 0 Å². The maximum Gasteiger partial charge on any atom is 0.223 e. The Morgan fingerprint density at radius 2 is 1.92 bits per heavy atom. The molecule has 1 fully saturated rings. The van der Waals surface area contributed by atoms with Crippen LogP contribution in [0.2, 0.25) is 10.0 Å². The van der Waals surface area contributed by atoms with Gasteiger partial charge >= 0.3 is 0 Å². The summed E-state index contributed by atoms with van der Waals surface area (Å²) >= 11 is 12.1. The molecule has 3 rings (SSSR count). The lowest BCUT2D eigenvalue weighted by atomic mass is 10.1. The normalized spacial score (nSPS) is 14.2. The van der Waals surface area contributed by atoms with Crippen molar-refractivity contribution in [3.63, 3.8) is 0 Å². The second-order valence-electron chi connectivity index (χ2n) is 6.12. The number of anilines is 1. The minimum Gasteiger partial charge on any atom is -0.353 e. The molecule has 0 saturated carbocycles. The van der Waals surface area contributed by atoms with E-state index in [4.69, 9.17) is 28.5 Å². The lowest BCUT2D eigenvalue weighted by Crippen LogP contribution is -2.49. The highest BCUT2D eigenvalue weighted by Crippen LogP contribution is 2.22. The van der Waals surface area contributed by atoms with Gasteiger partial charge < -0.3 is 9.80 Å². The van der Waals surface area contributed by atoms with E-state index in [0.29, 0.717) is 54.6 Å². The van der Waals surface area contributed by atoms with Gasteiger partial charge in [0.15, 0.2) is 0 Å². The molecule has 1 aromatic heterocycles. The minimum atomic E-state index is 0.120. The maximum atomic E-state index is 12.5. The van der Waals surface area contributed by atoms with E-state index < -0.39 is 0 Å². The lowest BCUT2D eigenvalue weighted by molar-refractivity contribution is -0.131. The van der Waals surface area contributed by atoms with Crippen molar-refractivity contribution in [2.24, 2.45) is 0 Å². The Balaban J connectivity index is 1.52. The quantitative estimate of drug-likeness (QED) is 0.803. The number of pyridine rings is 1. The molecule has 1 aliphatic heterocycles. The topological polar surface area (TPSA) is 60.2 Å². The van der Waals surface area contributed by atoms with Crippen LogP contribution in [0.5, 0.6) is 0 Å². The zero-order valence-electron chi connectivity index (χ0n) is 14.2. The van der Waals surface area contributed by atoms with E-state index in [0.717, 1.165) is 11.4 Å². The first-order chi connectivity index (χ1) is 12.6. The van der Waals surface area contributed by atoms with Crippen LogP contribution in [0, 0.1) is 11.3 Å². The predicted molar refractivity (Wildman–Crippen MR) is 103 cm³/mol. The van der Waals surface area contributed by atoms with Crippen molar-refractivity contribution in [3.8, 4) is 6.07 Å². The predicted octanol–water partition coefficient (Wildman–Crippen LogP) is 3.54. The molecule has 0 aliphatic carbocycles. The second-order valence-corrected chi connectivity index (χ2v) is 6.96. The van der Waals surface area contributed by atoms with E-state index in [9.17, 15) is 4.79 Å². The Morgan fingerprint density at radius 3 is 2.62 bits per heavy atom. The summed E-state index contributed by atoms with van der Waals surface area (Å²) in [4.78, 5) is 20.8. The summed E-state index contributed by atoms with van der Waals surface area (Å²) in [7, 11) is 0. The van der Waals surface area contributed by atoms with E-state index in [1.54, 1.807) is 30.5 Å². The summed E-state index contributed by atoms with van der Waals surface area (Å²) in [5.41, 5.74) is 1.52. The third kappa shape index (κ3) is 4.46.